The number of phosphoric ester groups is 1. The molecule has 0 radical (unpaired) electrons. The van der Waals surface area contributed by atoms with E-state index < -0.39 is 72.2 Å². The minimum atomic E-state index is -5.63. The number of amides is 2. The van der Waals surface area contributed by atoms with Gasteiger partial charge in [0, 0.05) is 48.7 Å². The maximum Gasteiger partial charge on any atom is 0.480 e. The van der Waals surface area contributed by atoms with Crippen LogP contribution in [0, 0.1) is 0 Å². The second-order valence-corrected chi connectivity index (χ2v) is 20.4. The zero-order chi connectivity index (χ0) is 47.6. The number of nitrogens with two attached hydrogens (primary N) is 1. The third-order valence-electron chi connectivity index (χ3n) is 10.3. The van der Waals surface area contributed by atoms with Gasteiger partial charge >= 0.3 is 41.0 Å². The molecule has 3 unspecified atom stereocenters. The minimum absolute atomic E-state index is 0.0254. The van der Waals surface area contributed by atoms with E-state index in [2.05, 4.69) is 55.6 Å². The van der Waals surface area contributed by atoms with E-state index in [1.807, 2.05) is 6.07 Å². The van der Waals surface area contributed by atoms with Gasteiger partial charge < -0.3 is 64.6 Å². The van der Waals surface area contributed by atoms with Crippen LogP contribution >= 0.6 is 23.3 Å². The van der Waals surface area contributed by atoms with Gasteiger partial charge in [0.05, 0.1) is 19.5 Å². The summed E-state index contributed by atoms with van der Waals surface area (Å²) in [5.41, 5.74) is 6.79. The molecule has 30 heteroatoms. The van der Waals surface area contributed by atoms with Gasteiger partial charge in [0.1, 0.15) is 35.2 Å². The number of anilines is 2. The molecule has 7 atom stereocenters. The molecule has 2 aliphatic rings. The molecule has 27 nitrogen and oxygen atoms in total. The Morgan fingerprint density at radius 3 is 2.48 bits per heavy atom. The summed E-state index contributed by atoms with van der Waals surface area (Å²) in [6.45, 7) is 7.13. The molecule has 2 aliphatic heterocycles. The Kier molecular flexibility index (Phi) is 14.9. The number of aliphatic hydroxyl groups excluding tert-OH is 1. The maximum atomic E-state index is 13.0. The molecule has 5 heterocycles. The number of rotatable bonds is 18. The molecule has 2 amide bonds. The number of imidazole rings is 1. The van der Waals surface area contributed by atoms with E-state index in [4.69, 9.17) is 38.7 Å². The molecule has 3 aromatic heterocycles. The van der Waals surface area contributed by atoms with Crippen LogP contribution < -0.4 is 31.8 Å². The number of benzene rings is 1. The van der Waals surface area contributed by atoms with Gasteiger partial charge in [0.15, 0.2) is 23.8 Å². The number of nitrogen functional groups attached to an aromatic ring is 1. The number of fused-ring (bicyclic) bond motifs is 3. The van der Waals surface area contributed by atoms with Crippen molar-refractivity contribution in [2.24, 2.45) is 0 Å². The first-order valence-corrected chi connectivity index (χ1v) is 24.5. The van der Waals surface area contributed by atoms with Crippen LogP contribution in [0.5, 0.6) is 0 Å². The van der Waals surface area contributed by atoms with Crippen LogP contribution in [-0.4, -0.2) is 119 Å². The summed E-state index contributed by atoms with van der Waals surface area (Å²) in [6, 6.07) is 5.14. The third kappa shape index (κ3) is 11.9. The van der Waals surface area contributed by atoms with Crippen molar-refractivity contribution in [2.75, 3.05) is 43.5 Å². The molecule has 0 aliphatic carbocycles. The van der Waals surface area contributed by atoms with E-state index in [9.17, 15) is 47.8 Å². The number of phosphoric acid groups is 1. The summed E-state index contributed by atoms with van der Waals surface area (Å²) in [7, 11) is -16.7. The molecule has 0 bridgehead atoms. The van der Waals surface area contributed by atoms with Crippen LogP contribution in [0.4, 0.5) is 16.3 Å². The standard InChI is InChI=1S/C35H48N9O18P3/c1-5-57-32(47)21-12-19-11-20-18(2)14-35(3,4)44(22(20)13-23(19)60-33(21)48)10-6-7-25(45)37-8-9-38-34(49)61-28-24(15-58-65(55,56)62-64(53,54)42-63(50,51)52)59-31(27(28)46)43-17-41-26-29(36)39-16-40-30(26)43/h11-13,16-18,24,27-28,31,46H,5-10,14-15H2,1-4H3,(H,37,45)(H,38,49)(H,55,56)(H2,36,39,40)(H4,42,50,51,52,53,54)/t18?,24-,27-,28-,31-/m1/s1. The van der Waals surface area contributed by atoms with Crippen LogP contribution in [0.25, 0.3) is 22.1 Å². The fourth-order valence-electron chi connectivity index (χ4n) is 7.69. The van der Waals surface area contributed by atoms with E-state index in [0.717, 1.165) is 28.9 Å². The van der Waals surface area contributed by atoms with E-state index in [1.165, 1.54) is 17.0 Å². The van der Waals surface area contributed by atoms with Gasteiger partial charge in [-0.2, -0.15) is 4.31 Å². The van der Waals surface area contributed by atoms with Crippen molar-refractivity contribution in [3.8, 4) is 0 Å². The molecule has 1 saturated heterocycles. The number of esters is 1. The van der Waals surface area contributed by atoms with Crippen LogP contribution in [0.2, 0.25) is 0 Å². The van der Waals surface area contributed by atoms with Crippen molar-refractivity contribution in [3.05, 3.63) is 52.4 Å². The summed E-state index contributed by atoms with van der Waals surface area (Å²) in [6.07, 6.45) is -4.12. The molecule has 1 fully saturated rings. The lowest BCUT2D eigenvalue weighted by Gasteiger charge is -2.47. The number of ether oxygens (including phenoxy) is 3. The Bertz CT molecular complexity index is 2660. The SMILES string of the molecule is CCOC(=O)c1cc2cc3c(cc2oc1=O)N(CCCC(=O)NCCNC(=O)O[C@H]1[C@@H](O)[C@H](n2cnc4c(N)ncnc42)O[C@@H]1COP(=O)(O)OP(=O)(O)NP(=O)(O)O)C(C)(C)CC3C. The van der Waals surface area contributed by atoms with Gasteiger partial charge in [-0.25, -0.2) is 43.0 Å². The highest BCUT2D eigenvalue weighted by atomic mass is 31.3. The average molecular weight is 976 g/mol. The number of alkyl carbamates (subject to hydrolysis) is 1. The number of carbonyl (C=O) groups is 3. The maximum absolute atomic E-state index is 13.0. The van der Waals surface area contributed by atoms with E-state index in [-0.39, 0.29) is 66.0 Å². The lowest BCUT2D eigenvalue weighted by Crippen LogP contribution is -2.49. The summed E-state index contributed by atoms with van der Waals surface area (Å²) in [5.74, 6) is -1.01. The van der Waals surface area contributed by atoms with Gasteiger partial charge in [0.25, 0.3) is 0 Å². The van der Waals surface area contributed by atoms with Gasteiger partial charge in [-0.3, -0.25) is 13.9 Å². The quantitative estimate of drug-likeness (QED) is 0.0296. The predicted molar refractivity (Wildman–Crippen MR) is 225 cm³/mol. The van der Waals surface area contributed by atoms with E-state index >= 15 is 0 Å². The minimum Gasteiger partial charge on any atom is -0.462 e. The fourth-order valence-corrected chi connectivity index (χ4v) is 11.1. The molecule has 4 aromatic rings. The zero-order valence-electron chi connectivity index (χ0n) is 35.1. The predicted octanol–water partition coefficient (Wildman–Crippen LogP) is 1.65. The highest BCUT2D eigenvalue weighted by Crippen LogP contribution is 2.61. The summed E-state index contributed by atoms with van der Waals surface area (Å²) < 4.78 is 67.3. The number of hydrogen-bond donors (Lipinski definition) is 9. The van der Waals surface area contributed by atoms with Gasteiger partial charge in [-0.05, 0) is 57.2 Å². The van der Waals surface area contributed by atoms with Crippen molar-refractivity contribution < 1.29 is 80.2 Å². The number of hydrogen-bond acceptors (Lipinski definition) is 19. The van der Waals surface area contributed by atoms with E-state index in [1.54, 1.807) is 13.0 Å². The summed E-state index contributed by atoms with van der Waals surface area (Å²) in [4.78, 5) is 103. The highest BCUT2D eigenvalue weighted by molar-refractivity contribution is 7.70. The molecular weight excluding hydrogens is 927 g/mol. The molecule has 1 aromatic carbocycles. The highest BCUT2D eigenvalue weighted by Gasteiger charge is 2.49. The summed E-state index contributed by atoms with van der Waals surface area (Å²) in [5, 5.41) is 17.0. The van der Waals surface area contributed by atoms with Crippen molar-refractivity contribution in [2.45, 2.75) is 83.0 Å². The lowest BCUT2D eigenvalue weighted by atomic mass is 9.79. The smallest absolute Gasteiger partial charge is 0.462 e. The molecule has 0 spiro atoms. The van der Waals surface area contributed by atoms with Crippen molar-refractivity contribution in [1.29, 1.82) is 0 Å². The van der Waals surface area contributed by atoms with Crippen molar-refractivity contribution in [1.82, 2.24) is 35.0 Å². The van der Waals surface area contributed by atoms with Gasteiger partial charge in [0.2, 0.25) is 5.91 Å². The van der Waals surface area contributed by atoms with Crippen LogP contribution in [0.15, 0.2) is 40.1 Å². The number of nitrogens with one attached hydrogen (secondary N) is 3. The monoisotopic (exact) mass is 975 g/mol. The normalized spacial score (nSPS) is 22.5. The number of aromatic nitrogens is 4. The topological polar surface area (TPSA) is 389 Å². The number of carbonyl (C=O) groups excluding carboxylic acids is 3. The average Bonchev–Trinajstić information content (AvgIpc) is 3.75. The van der Waals surface area contributed by atoms with Crippen LogP contribution in [0.3, 0.4) is 0 Å². The van der Waals surface area contributed by atoms with Crippen LogP contribution in [-0.2, 0) is 41.5 Å². The molecule has 6 rings (SSSR count). The Balaban J connectivity index is 1.04. The first-order chi connectivity index (χ1) is 30.4. The number of nitrogens with zero attached hydrogens (tertiary/aromatic N) is 5. The molecule has 65 heavy (non-hydrogen) atoms. The van der Waals surface area contributed by atoms with E-state index in [0.29, 0.717) is 23.9 Å². The molecule has 0 saturated carbocycles. The van der Waals surface area contributed by atoms with Crippen molar-refractivity contribution >= 4 is 74.9 Å². The Morgan fingerprint density at radius 1 is 1.05 bits per heavy atom. The Morgan fingerprint density at radius 2 is 1.77 bits per heavy atom. The van der Waals surface area contributed by atoms with Crippen molar-refractivity contribution in [3.63, 3.8) is 0 Å². The zero-order valence-corrected chi connectivity index (χ0v) is 37.8. The molecular formula is C35H48N9O18P3. The lowest BCUT2D eigenvalue weighted by molar-refractivity contribution is -0.121. The Labute approximate surface area is 368 Å². The second-order valence-electron chi connectivity index (χ2n) is 15.6. The third-order valence-corrected chi connectivity index (χ3v) is 14.6. The largest absolute Gasteiger partial charge is 0.480 e. The van der Waals surface area contributed by atoms with Gasteiger partial charge in [-0.15, -0.1) is 4.86 Å². The Hall–Kier alpha value is -4.88. The number of aliphatic hydroxyl groups is 1. The fraction of sp³-hybridized carbons (Fsp3) is 0.514. The van der Waals surface area contributed by atoms with Gasteiger partial charge in [-0.1, -0.05) is 6.92 Å². The summed E-state index contributed by atoms with van der Waals surface area (Å²) >= 11 is 0. The molecule has 356 valence electrons. The molecule has 10 N–H and O–H groups in total. The second kappa shape index (κ2) is 19.5. The first kappa shape index (κ1) is 49.6. The first-order valence-electron chi connectivity index (χ1n) is 19.8. The van der Waals surface area contributed by atoms with Crippen LogP contribution in [0.1, 0.15) is 75.0 Å².